The van der Waals surface area contributed by atoms with E-state index in [1.807, 2.05) is 91.0 Å². The standard InChI is InChI=1S/C30H21N3/c31-28-7-1-4-22(19-28)10-13-25-16-26(14-11-23-5-2-8-29(32)20-23)18-27(17-25)15-12-24-6-3-9-30(33)21-24/h1-9,16-21H,31-33H2. The summed E-state index contributed by atoms with van der Waals surface area (Å²) in [5.74, 6) is 19.1. The normalized spacial score (nSPS) is 9.45. The Hall–Kier alpha value is -5.04. The number of benzene rings is 4. The Balaban J connectivity index is 1.73. The number of nitrogen functional groups attached to an aromatic ring is 3. The van der Waals surface area contributed by atoms with Crippen LogP contribution in [0.1, 0.15) is 33.4 Å². The average molecular weight is 424 g/mol. The fraction of sp³-hybridized carbons (Fsp3) is 0. The lowest BCUT2D eigenvalue weighted by Crippen LogP contribution is -1.87. The van der Waals surface area contributed by atoms with Gasteiger partial charge in [0, 0.05) is 50.4 Å². The molecule has 0 atom stereocenters. The molecule has 0 spiro atoms. The number of rotatable bonds is 0. The van der Waals surface area contributed by atoms with E-state index in [9.17, 15) is 0 Å². The SMILES string of the molecule is Nc1cccc(C#Cc2cc(C#Cc3cccc(N)c3)cc(C#Cc3cccc(N)c3)c2)c1. The van der Waals surface area contributed by atoms with Gasteiger partial charge < -0.3 is 17.2 Å². The van der Waals surface area contributed by atoms with Crippen LogP contribution in [0.5, 0.6) is 0 Å². The largest absolute Gasteiger partial charge is 0.399 e. The molecule has 6 N–H and O–H groups in total. The molecule has 0 radical (unpaired) electrons. The van der Waals surface area contributed by atoms with Crippen molar-refractivity contribution in [3.8, 4) is 35.5 Å². The highest BCUT2D eigenvalue weighted by atomic mass is 14.5. The Bertz CT molecular complexity index is 1320. The minimum atomic E-state index is 0.678. The summed E-state index contributed by atoms with van der Waals surface area (Å²) in [7, 11) is 0. The number of nitrogens with two attached hydrogens (primary N) is 3. The van der Waals surface area contributed by atoms with Crippen LogP contribution in [-0.2, 0) is 0 Å². The average Bonchev–Trinajstić information content (AvgIpc) is 2.80. The molecule has 0 unspecified atom stereocenters. The van der Waals surface area contributed by atoms with E-state index >= 15 is 0 Å². The molecule has 4 aromatic carbocycles. The molecule has 0 saturated carbocycles. The second kappa shape index (κ2) is 9.84. The summed E-state index contributed by atoms with van der Waals surface area (Å²) in [6.07, 6.45) is 0. The van der Waals surface area contributed by atoms with Gasteiger partial charge in [0.2, 0.25) is 0 Å². The van der Waals surface area contributed by atoms with Crippen molar-refractivity contribution >= 4 is 17.1 Å². The highest BCUT2D eigenvalue weighted by Crippen LogP contribution is 2.12. The fourth-order valence-electron chi connectivity index (χ4n) is 3.13. The molecule has 0 amide bonds. The molecule has 4 rings (SSSR count). The number of hydrogen-bond acceptors (Lipinski definition) is 3. The summed E-state index contributed by atoms with van der Waals surface area (Å²) in [5, 5.41) is 0. The van der Waals surface area contributed by atoms with E-state index in [1.54, 1.807) is 0 Å². The smallest absolute Gasteiger partial charge is 0.0326 e. The molecule has 0 aromatic heterocycles. The molecule has 33 heavy (non-hydrogen) atoms. The van der Waals surface area contributed by atoms with Crippen LogP contribution >= 0.6 is 0 Å². The van der Waals surface area contributed by atoms with Gasteiger partial charge in [-0.25, -0.2) is 0 Å². The van der Waals surface area contributed by atoms with E-state index in [-0.39, 0.29) is 0 Å². The first-order valence-electron chi connectivity index (χ1n) is 10.3. The third kappa shape index (κ3) is 6.22. The molecular formula is C30H21N3. The van der Waals surface area contributed by atoms with Crippen molar-refractivity contribution < 1.29 is 0 Å². The van der Waals surface area contributed by atoms with E-state index in [0.29, 0.717) is 17.1 Å². The number of anilines is 3. The molecule has 0 fully saturated rings. The van der Waals surface area contributed by atoms with Gasteiger partial charge in [-0.1, -0.05) is 53.7 Å². The highest BCUT2D eigenvalue weighted by Gasteiger charge is 1.98. The zero-order valence-electron chi connectivity index (χ0n) is 17.9. The molecule has 0 bridgehead atoms. The van der Waals surface area contributed by atoms with Crippen LogP contribution in [0, 0.1) is 35.5 Å². The van der Waals surface area contributed by atoms with E-state index < -0.39 is 0 Å². The van der Waals surface area contributed by atoms with E-state index in [2.05, 4.69) is 35.5 Å². The van der Waals surface area contributed by atoms with Crippen LogP contribution in [0.25, 0.3) is 0 Å². The molecule has 0 heterocycles. The van der Waals surface area contributed by atoms with Crippen molar-refractivity contribution in [1.82, 2.24) is 0 Å². The topological polar surface area (TPSA) is 78.1 Å². The van der Waals surface area contributed by atoms with Crippen LogP contribution in [0.4, 0.5) is 17.1 Å². The maximum atomic E-state index is 5.86. The summed E-state index contributed by atoms with van der Waals surface area (Å²) in [4.78, 5) is 0. The second-order valence-electron chi connectivity index (χ2n) is 7.43. The lowest BCUT2D eigenvalue weighted by Gasteiger charge is -1.99. The van der Waals surface area contributed by atoms with Crippen LogP contribution in [-0.4, -0.2) is 0 Å². The maximum Gasteiger partial charge on any atom is 0.0326 e. The van der Waals surface area contributed by atoms with Crippen molar-refractivity contribution in [1.29, 1.82) is 0 Å². The first-order valence-corrected chi connectivity index (χ1v) is 10.3. The zero-order chi connectivity index (χ0) is 23.0. The Labute approximate surface area is 194 Å². The van der Waals surface area contributed by atoms with E-state index in [0.717, 1.165) is 33.4 Å². The number of hydrogen-bond donors (Lipinski definition) is 3. The molecule has 0 aliphatic heterocycles. The summed E-state index contributed by atoms with van der Waals surface area (Å²) in [6.45, 7) is 0. The summed E-state index contributed by atoms with van der Waals surface area (Å²) in [6, 6.07) is 28.3. The Morgan fingerprint density at radius 1 is 0.333 bits per heavy atom. The Morgan fingerprint density at radius 2 is 0.606 bits per heavy atom. The summed E-state index contributed by atoms with van der Waals surface area (Å²) >= 11 is 0. The van der Waals surface area contributed by atoms with Crippen LogP contribution < -0.4 is 17.2 Å². The van der Waals surface area contributed by atoms with Crippen LogP contribution in [0.15, 0.2) is 91.0 Å². The zero-order valence-corrected chi connectivity index (χ0v) is 17.9. The van der Waals surface area contributed by atoms with Crippen molar-refractivity contribution in [2.24, 2.45) is 0 Å². The van der Waals surface area contributed by atoms with E-state index in [1.165, 1.54) is 0 Å². The minimum Gasteiger partial charge on any atom is -0.399 e. The van der Waals surface area contributed by atoms with Gasteiger partial charge >= 0.3 is 0 Å². The molecule has 3 heteroatoms. The molecule has 156 valence electrons. The van der Waals surface area contributed by atoms with Crippen molar-refractivity contribution in [2.75, 3.05) is 17.2 Å². The highest BCUT2D eigenvalue weighted by molar-refractivity contribution is 5.57. The van der Waals surface area contributed by atoms with Gasteiger partial charge in [-0.15, -0.1) is 0 Å². The monoisotopic (exact) mass is 423 g/mol. The van der Waals surface area contributed by atoms with Gasteiger partial charge in [-0.3, -0.25) is 0 Å². The predicted molar refractivity (Wildman–Crippen MR) is 137 cm³/mol. The van der Waals surface area contributed by atoms with Crippen molar-refractivity contribution in [3.63, 3.8) is 0 Å². The van der Waals surface area contributed by atoms with Gasteiger partial charge in [0.1, 0.15) is 0 Å². The lowest BCUT2D eigenvalue weighted by molar-refractivity contribution is 1.55. The minimum absolute atomic E-state index is 0.678. The predicted octanol–water partition coefficient (Wildman–Crippen LogP) is 4.63. The summed E-state index contributed by atoms with van der Waals surface area (Å²) in [5.41, 5.74) is 24.6. The van der Waals surface area contributed by atoms with Gasteiger partial charge in [-0.05, 0) is 72.8 Å². The van der Waals surface area contributed by atoms with Gasteiger partial charge in [0.25, 0.3) is 0 Å². The van der Waals surface area contributed by atoms with Crippen molar-refractivity contribution in [2.45, 2.75) is 0 Å². The van der Waals surface area contributed by atoms with Gasteiger partial charge in [0.05, 0.1) is 0 Å². The van der Waals surface area contributed by atoms with Gasteiger partial charge in [0.15, 0.2) is 0 Å². The van der Waals surface area contributed by atoms with Crippen LogP contribution in [0.2, 0.25) is 0 Å². The second-order valence-corrected chi connectivity index (χ2v) is 7.43. The molecule has 4 aromatic rings. The molecular weight excluding hydrogens is 402 g/mol. The third-order valence-corrected chi connectivity index (χ3v) is 4.65. The maximum absolute atomic E-state index is 5.86. The lowest BCUT2D eigenvalue weighted by atomic mass is 10.0. The van der Waals surface area contributed by atoms with E-state index in [4.69, 9.17) is 17.2 Å². The first kappa shape index (κ1) is 21.2. The fourth-order valence-corrected chi connectivity index (χ4v) is 3.13. The Kier molecular flexibility index (Phi) is 6.33. The molecule has 0 aliphatic carbocycles. The first-order chi connectivity index (χ1) is 16.0. The van der Waals surface area contributed by atoms with Gasteiger partial charge in [-0.2, -0.15) is 0 Å². The molecule has 0 saturated heterocycles. The molecule has 3 nitrogen and oxygen atoms in total. The Morgan fingerprint density at radius 3 is 0.879 bits per heavy atom. The van der Waals surface area contributed by atoms with Crippen LogP contribution in [0.3, 0.4) is 0 Å². The van der Waals surface area contributed by atoms with Crippen molar-refractivity contribution in [3.05, 3.63) is 124 Å². The quantitative estimate of drug-likeness (QED) is 0.285. The third-order valence-electron chi connectivity index (χ3n) is 4.65. The summed E-state index contributed by atoms with van der Waals surface area (Å²) < 4.78 is 0. The molecule has 0 aliphatic rings.